The quantitative estimate of drug-likeness (QED) is 0.607. The fraction of sp³-hybridized carbons (Fsp3) is 0.538. The maximum atomic E-state index is 12.3. The van der Waals surface area contributed by atoms with Gasteiger partial charge in [-0.2, -0.15) is 0 Å². The number of aryl methyl sites for hydroxylation is 1. The van der Waals surface area contributed by atoms with Gasteiger partial charge in [0, 0.05) is 31.9 Å². The lowest BCUT2D eigenvalue weighted by Crippen LogP contribution is -2.32. The Kier molecular flexibility index (Phi) is 7.36. The summed E-state index contributed by atoms with van der Waals surface area (Å²) in [6.45, 7) is 7.50. The van der Waals surface area contributed by atoms with Gasteiger partial charge in [0.1, 0.15) is 5.82 Å². The smallest absolute Gasteiger partial charge is 0.151 e. The zero-order chi connectivity index (χ0) is 21.6. The highest BCUT2D eigenvalue weighted by Crippen LogP contribution is 2.27. The van der Waals surface area contributed by atoms with Gasteiger partial charge in [0.25, 0.3) is 0 Å². The fourth-order valence-corrected chi connectivity index (χ4v) is 4.82. The summed E-state index contributed by atoms with van der Waals surface area (Å²) < 4.78 is 6.15. The molecule has 0 aliphatic carbocycles. The van der Waals surface area contributed by atoms with Crippen molar-refractivity contribution in [2.75, 3.05) is 31.6 Å². The molecule has 2 aliphatic rings. The minimum Gasteiger partial charge on any atom is -0.377 e. The number of nitrogens with zero attached hydrogens (tertiary/aromatic N) is 2. The third-order valence-electron chi connectivity index (χ3n) is 6.45. The zero-order valence-electron chi connectivity index (χ0n) is 18.8. The lowest BCUT2D eigenvalue weighted by molar-refractivity contribution is -0.122. The average molecular weight is 422 g/mol. The van der Waals surface area contributed by atoms with E-state index >= 15 is 0 Å². The number of carbonyl (C=O) groups is 1. The molecule has 5 nitrogen and oxygen atoms in total. The lowest BCUT2D eigenvalue weighted by Gasteiger charge is -2.26. The molecule has 31 heavy (non-hydrogen) atoms. The number of carbonyl (C=O) groups excluding carboxylic acids is 1. The van der Waals surface area contributed by atoms with Crippen molar-refractivity contribution in [3.8, 4) is 0 Å². The van der Waals surface area contributed by atoms with Crippen LogP contribution in [0.2, 0.25) is 0 Å². The Morgan fingerprint density at radius 3 is 2.87 bits per heavy atom. The van der Waals surface area contributed by atoms with Gasteiger partial charge in [-0.25, -0.2) is 4.98 Å². The van der Waals surface area contributed by atoms with E-state index in [1.807, 2.05) is 30.3 Å². The highest BCUT2D eigenvalue weighted by molar-refractivity contribution is 5.83. The third kappa shape index (κ3) is 5.72. The summed E-state index contributed by atoms with van der Waals surface area (Å²) in [7, 11) is 0. The molecule has 1 aromatic carbocycles. The molecule has 0 radical (unpaired) electrons. The molecule has 0 bridgehead atoms. The summed E-state index contributed by atoms with van der Waals surface area (Å²) in [6.07, 6.45) is 5.45. The molecule has 3 atom stereocenters. The number of benzene rings is 1. The maximum absolute atomic E-state index is 12.3. The van der Waals surface area contributed by atoms with E-state index in [0.29, 0.717) is 5.92 Å². The first kappa shape index (κ1) is 22.0. The van der Waals surface area contributed by atoms with Crippen LogP contribution in [-0.2, 0) is 22.4 Å². The van der Waals surface area contributed by atoms with Crippen molar-refractivity contribution >= 4 is 11.6 Å². The molecular weight excluding hydrogens is 386 g/mol. The van der Waals surface area contributed by atoms with Crippen LogP contribution in [0.3, 0.4) is 0 Å². The van der Waals surface area contributed by atoms with Crippen LogP contribution in [0, 0.1) is 5.92 Å². The summed E-state index contributed by atoms with van der Waals surface area (Å²) in [4.78, 5) is 19.4. The second-order valence-corrected chi connectivity index (χ2v) is 9.16. The molecular formula is C26H35N3O2. The van der Waals surface area contributed by atoms with E-state index in [1.54, 1.807) is 6.92 Å². The molecule has 2 aromatic rings. The van der Waals surface area contributed by atoms with E-state index < -0.39 is 0 Å². The van der Waals surface area contributed by atoms with Crippen molar-refractivity contribution in [2.24, 2.45) is 5.92 Å². The van der Waals surface area contributed by atoms with Gasteiger partial charge in [0.05, 0.1) is 12.1 Å². The van der Waals surface area contributed by atoms with E-state index in [9.17, 15) is 4.79 Å². The number of ketones is 1. The van der Waals surface area contributed by atoms with Crippen molar-refractivity contribution in [1.82, 2.24) is 9.88 Å². The first-order valence-corrected chi connectivity index (χ1v) is 11.7. The number of aromatic nitrogens is 1. The van der Waals surface area contributed by atoms with E-state index in [-0.39, 0.29) is 17.9 Å². The van der Waals surface area contributed by atoms with Gasteiger partial charge in [-0.05, 0) is 62.1 Å². The summed E-state index contributed by atoms with van der Waals surface area (Å²) in [5.41, 5.74) is 3.59. The SMILES string of the molecule is CC(=O)[C@H](c1ccccc1)N1CC[C@@H](OCCCCc2ccc3c(n2)NCC(C)C3)C1. The number of likely N-dealkylation sites (tertiary alicyclic amines) is 1. The number of Topliss-reactive ketones (excluding diaryl/α,β-unsaturated/α-hetero) is 1. The number of nitrogens with one attached hydrogen (secondary N) is 1. The Morgan fingerprint density at radius 1 is 1.23 bits per heavy atom. The molecule has 1 saturated heterocycles. The first-order valence-electron chi connectivity index (χ1n) is 11.7. The largest absolute Gasteiger partial charge is 0.377 e. The fourth-order valence-electron chi connectivity index (χ4n) is 4.82. The van der Waals surface area contributed by atoms with E-state index in [4.69, 9.17) is 9.72 Å². The van der Waals surface area contributed by atoms with Crippen LogP contribution in [0.15, 0.2) is 42.5 Å². The molecule has 4 rings (SSSR count). The molecule has 3 heterocycles. The van der Waals surface area contributed by atoms with Crippen LogP contribution in [0.5, 0.6) is 0 Å². The van der Waals surface area contributed by atoms with Crippen LogP contribution in [0.4, 0.5) is 5.82 Å². The monoisotopic (exact) mass is 421 g/mol. The number of hydrogen-bond donors (Lipinski definition) is 1. The molecule has 166 valence electrons. The number of ether oxygens (including phenoxy) is 1. The summed E-state index contributed by atoms with van der Waals surface area (Å²) in [5, 5.41) is 3.46. The molecule has 1 unspecified atom stereocenters. The molecule has 0 amide bonds. The predicted molar refractivity (Wildman–Crippen MR) is 124 cm³/mol. The minimum atomic E-state index is -0.151. The van der Waals surface area contributed by atoms with Crippen molar-refractivity contribution in [3.05, 3.63) is 59.3 Å². The van der Waals surface area contributed by atoms with Gasteiger partial charge in [0.2, 0.25) is 0 Å². The zero-order valence-corrected chi connectivity index (χ0v) is 18.8. The second-order valence-electron chi connectivity index (χ2n) is 9.16. The number of hydrogen-bond acceptors (Lipinski definition) is 5. The summed E-state index contributed by atoms with van der Waals surface area (Å²) in [6, 6.07) is 14.4. The number of anilines is 1. The van der Waals surface area contributed by atoms with E-state index in [1.165, 1.54) is 11.3 Å². The van der Waals surface area contributed by atoms with Crippen LogP contribution < -0.4 is 5.32 Å². The molecule has 0 saturated carbocycles. The van der Waals surface area contributed by atoms with Gasteiger partial charge in [-0.1, -0.05) is 43.3 Å². The third-order valence-corrected chi connectivity index (χ3v) is 6.45. The number of fused-ring (bicyclic) bond motifs is 1. The normalized spacial score (nSPS) is 22.0. The van der Waals surface area contributed by atoms with Gasteiger partial charge < -0.3 is 10.1 Å². The highest BCUT2D eigenvalue weighted by atomic mass is 16.5. The molecule has 5 heteroatoms. The van der Waals surface area contributed by atoms with Crippen LogP contribution in [0.25, 0.3) is 0 Å². The van der Waals surface area contributed by atoms with Crippen molar-refractivity contribution in [2.45, 2.75) is 58.1 Å². The Bertz CT molecular complexity index is 870. The van der Waals surface area contributed by atoms with Gasteiger partial charge >= 0.3 is 0 Å². The van der Waals surface area contributed by atoms with Crippen LogP contribution in [-0.4, -0.2) is 48.0 Å². The topological polar surface area (TPSA) is 54.5 Å². The van der Waals surface area contributed by atoms with E-state index in [2.05, 4.69) is 29.3 Å². The summed E-state index contributed by atoms with van der Waals surface area (Å²) in [5.74, 6) is 1.96. The highest BCUT2D eigenvalue weighted by Gasteiger charge is 2.32. The summed E-state index contributed by atoms with van der Waals surface area (Å²) >= 11 is 0. The maximum Gasteiger partial charge on any atom is 0.151 e. The molecule has 1 fully saturated rings. The predicted octanol–water partition coefficient (Wildman–Crippen LogP) is 4.43. The van der Waals surface area contributed by atoms with Gasteiger partial charge in [-0.15, -0.1) is 0 Å². The van der Waals surface area contributed by atoms with Gasteiger partial charge in [-0.3, -0.25) is 9.69 Å². The van der Waals surface area contributed by atoms with Crippen LogP contribution >= 0.6 is 0 Å². The second kappa shape index (κ2) is 10.4. The Balaban J connectivity index is 1.19. The van der Waals surface area contributed by atoms with Gasteiger partial charge in [0.15, 0.2) is 5.78 Å². The lowest BCUT2D eigenvalue weighted by atomic mass is 9.97. The number of pyridine rings is 1. The molecule has 0 spiro atoms. The number of rotatable bonds is 9. The molecule has 2 aliphatic heterocycles. The van der Waals surface area contributed by atoms with Crippen molar-refractivity contribution in [1.29, 1.82) is 0 Å². The Labute approximate surface area is 186 Å². The first-order chi connectivity index (χ1) is 15.1. The van der Waals surface area contributed by atoms with Crippen molar-refractivity contribution < 1.29 is 9.53 Å². The standard InChI is InChI=1S/C26H35N3O2/c1-19-16-22-11-12-23(28-26(22)27-17-19)10-6-7-15-31-24-13-14-29(18-24)25(20(2)30)21-8-4-3-5-9-21/h3-5,8-9,11-12,19,24-25H,6-7,10,13-18H2,1-2H3,(H,27,28)/t19?,24-,25-/m1/s1. The average Bonchev–Trinajstić information content (AvgIpc) is 3.22. The van der Waals surface area contributed by atoms with Crippen LogP contribution in [0.1, 0.15) is 56.0 Å². The molecule has 1 N–H and O–H groups in total. The Hall–Kier alpha value is -2.24. The van der Waals surface area contributed by atoms with E-state index in [0.717, 1.165) is 69.7 Å². The molecule has 1 aromatic heterocycles. The number of unbranched alkanes of at least 4 members (excludes halogenated alkanes) is 1. The minimum absolute atomic E-state index is 0.151. The Morgan fingerprint density at radius 2 is 2.06 bits per heavy atom. The van der Waals surface area contributed by atoms with Crippen molar-refractivity contribution in [3.63, 3.8) is 0 Å².